The second-order valence-electron chi connectivity index (χ2n) is 6.51. The lowest BCUT2D eigenvalue weighted by Gasteiger charge is -2.28. The maximum absolute atomic E-state index is 11.1. The summed E-state index contributed by atoms with van der Waals surface area (Å²) >= 11 is 0. The van der Waals surface area contributed by atoms with E-state index in [1.807, 2.05) is 36.4 Å². The molecule has 7 nitrogen and oxygen atoms in total. The van der Waals surface area contributed by atoms with Crippen LogP contribution in [0.3, 0.4) is 0 Å². The molecule has 1 aliphatic carbocycles. The van der Waals surface area contributed by atoms with Gasteiger partial charge in [-0.1, -0.05) is 12.1 Å². The predicted octanol–water partition coefficient (Wildman–Crippen LogP) is 1.68. The number of hydrogen-bond donors (Lipinski definition) is 1. The molecule has 1 aromatic heterocycles. The quantitative estimate of drug-likeness (QED) is 0.661. The van der Waals surface area contributed by atoms with E-state index < -0.39 is 0 Å². The first-order valence-corrected chi connectivity index (χ1v) is 8.94. The molecule has 1 fully saturated rings. The van der Waals surface area contributed by atoms with Crippen molar-refractivity contribution in [2.45, 2.75) is 25.6 Å². The van der Waals surface area contributed by atoms with Gasteiger partial charge in [-0.3, -0.25) is 4.79 Å². The van der Waals surface area contributed by atoms with E-state index in [0.717, 1.165) is 37.1 Å². The van der Waals surface area contributed by atoms with Gasteiger partial charge in [0.05, 0.1) is 10.9 Å². The van der Waals surface area contributed by atoms with Crippen molar-refractivity contribution in [3.63, 3.8) is 0 Å². The Labute approximate surface area is 152 Å². The van der Waals surface area contributed by atoms with Crippen molar-refractivity contribution in [1.29, 1.82) is 0 Å². The molecule has 2 atom stereocenters. The van der Waals surface area contributed by atoms with Gasteiger partial charge in [0, 0.05) is 39.5 Å². The van der Waals surface area contributed by atoms with Crippen LogP contribution in [0.25, 0.3) is 10.9 Å². The highest BCUT2D eigenvalue weighted by Crippen LogP contribution is 2.28. The summed E-state index contributed by atoms with van der Waals surface area (Å²) in [5, 5.41) is 4.22. The maximum atomic E-state index is 11.1. The second kappa shape index (κ2) is 7.29. The Morgan fingerprint density at radius 1 is 1.15 bits per heavy atom. The number of carbonyl (C=O) groups is 1. The lowest BCUT2D eigenvalue weighted by atomic mass is 10.2. The summed E-state index contributed by atoms with van der Waals surface area (Å²) in [4.78, 5) is 22.7. The minimum absolute atomic E-state index is 0.173. The minimum Gasteiger partial charge on any atom is -0.469 e. The van der Waals surface area contributed by atoms with Crippen LogP contribution >= 0.6 is 0 Å². The van der Waals surface area contributed by atoms with Crippen LogP contribution in [0.15, 0.2) is 36.4 Å². The van der Waals surface area contributed by atoms with Crippen molar-refractivity contribution in [3.8, 4) is 5.88 Å². The Kier molecular flexibility index (Phi) is 4.71. The number of nitrogens with one attached hydrogen (secondary N) is 1. The minimum atomic E-state index is -0.284. The van der Waals surface area contributed by atoms with Gasteiger partial charge in [0.2, 0.25) is 11.8 Å². The predicted molar refractivity (Wildman–Crippen MR) is 98.3 cm³/mol. The van der Waals surface area contributed by atoms with Gasteiger partial charge in [-0.15, -0.1) is 0 Å². The number of fused-ring (bicyclic) bond motifs is 1. The molecule has 0 saturated carbocycles. The zero-order valence-corrected chi connectivity index (χ0v) is 14.7. The van der Waals surface area contributed by atoms with Crippen LogP contribution in [0.2, 0.25) is 0 Å². The van der Waals surface area contributed by atoms with E-state index in [2.05, 4.69) is 10.2 Å². The highest BCUT2D eigenvalue weighted by Gasteiger charge is 2.24. The van der Waals surface area contributed by atoms with Crippen molar-refractivity contribution in [2.75, 3.05) is 31.1 Å². The summed E-state index contributed by atoms with van der Waals surface area (Å²) in [6.45, 7) is 4.99. The third kappa shape index (κ3) is 3.62. The first-order chi connectivity index (χ1) is 12.7. The van der Waals surface area contributed by atoms with Gasteiger partial charge in [-0.25, -0.2) is 4.98 Å². The Hall–Kier alpha value is -2.67. The van der Waals surface area contributed by atoms with Crippen molar-refractivity contribution in [1.82, 2.24) is 15.3 Å². The molecular weight excluding hydrogens is 332 g/mol. The molecule has 2 heterocycles. The number of para-hydroxylation sites is 1. The van der Waals surface area contributed by atoms with Crippen molar-refractivity contribution in [3.05, 3.63) is 36.4 Å². The van der Waals surface area contributed by atoms with Gasteiger partial charge in [0.1, 0.15) is 12.2 Å². The molecule has 0 amide bonds. The average Bonchev–Trinajstić information content (AvgIpc) is 3.08. The van der Waals surface area contributed by atoms with Crippen LogP contribution in [0.1, 0.15) is 13.3 Å². The van der Waals surface area contributed by atoms with Gasteiger partial charge in [0.15, 0.2) is 0 Å². The summed E-state index contributed by atoms with van der Waals surface area (Å²) in [5.41, 5.74) is 0.865. The van der Waals surface area contributed by atoms with Crippen LogP contribution in [0, 0.1) is 0 Å². The van der Waals surface area contributed by atoms with E-state index >= 15 is 0 Å². The number of piperazine rings is 1. The topological polar surface area (TPSA) is 76.6 Å². The van der Waals surface area contributed by atoms with E-state index in [1.54, 1.807) is 0 Å². The third-order valence-corrected chi connectivity index (χ3v) is 4.54. The van der Waals surface area contributed by atoms with E-state index in [1.165, 1.54) is 6.92 Å². The summed E-state index contributed by atoms with van der Waals surface area (Å²) in [7, 11) is 0. The molecule has 4 rings (SSSR count). The average molecular weight is 354 g/mol. The number of nitrogens with zero attached hydrogens (tertiary/aromatic N) is 3. The molecule has 136 valence electrons. The molecule has 0 radical (unpaired) electrons. The van der Waals surface area contributed by atoms with Gasteiger partial charge < -0.3 is 19.7 Å². The van der Waals surface area contributed by atoms with Crippen LogP contribution in [0.5, 0.6) is 5.88 Å². The fourth-order valence-corrected chi connectivity index (χ4v) is 3.30. The van der Waals surface area contributed by atoms with E-state index in [9.17, 15) is 4.79 Å². The number of benzene rings is 1. The SMILES string of the molecule is CC(=O)OC1C=CC(Oc2nc(N3CCNCC3)nc3ccccc23)C1. The van der Waals surface area contributed by atoms with Crippen LogP contribution in [-0.4, -0.2) is 54.3 Å². The first-order valence-electron chi connectivity index (χ1n) is 8.94. The fraction of sp³-hybridized carbons (Fsp3) is 0.421. The van der Waals surface area contributed by atoms with Crippen molar-refractivity contribution in [2.24, 2.45) is 0 Å². The number of hydrogen-bond acceptors (Lipinski definition) is 7. The van der Waals surface area contributed by atoms with Crippen LogP contribution in [0.4, 0.5) is 5.95 Å². The number of rotatable bonds is 4. The molecule has 0 bridgehead atoms. The normalized spacial score (nSPS) is 22.6. The monoisotopic (exact) mass is 354 g/mol. The molecule has 1 N–H and O–H groups in total. The molecule has 1 aliphatic heterocycles. The Balaban J connectivity index is 1.59. The summed E-state index contributed by atoms with van der Waals surface area (Å²) in [5.74, 6) is 0.981. The van der Waals surface area contributed by atoms with Gasteiger partial charge >= 0.3 is 5.97 Å². The number of anilines is 1. The Morgan fingerprint density at radius 2 is 1.92 bits per heavy atom. The molecule has 7 heteroatoms. The molecule has 1 saturated heterocycles. The number of esters is 1. The fourth-order valence-electron chi connectivity index (χ4n) is 3.30. The van der Waals surface area contributed by atoms with Crippen LogP contribution < -0.4 is 15.0 Å². The molecule has 1 aromatic carbocycles. The molecule has 0 spiro atoms. The maximum Gasteiger partial charge on any atom is 0.303 e. The molecule has 2 unspecified atom stereocenters. The lowest BCUT2D eigenvalue weighted by molar-refractivity contribution is -0.144. The molecule has 2 aliphatic rings. The highest BCUT2D eigenvalue weighted by molar-refractivity contribution is 5.84. The number of ether oxygens (including phenoxy) is 2. The Bertz CT molecular complexity index is 833. The van der Waals surface area contributed by atoms with E-state index in [4.69, 9.17) is 19.4 Å². The van der Waals surface area contributed by atoms with Gasteiger partial charge in [-0.05, 0) is 24.3 Å². The van der Waals surface area contributed by atoms with E-state index in [0.29, 0.717) is 18.2 Å². The third-order valence-electron chi connectivity index (χ3n) is 4.54. The van der Waals surface area contributed by atoms with Crippen molar-refractivity contribution < 1.29 is 14.3 Å². The largest absolute Gasteiger partial charge is 0.469 e. The summed E-state index contributed by atoms with van der Waals surface area (Å²) in [6.07, 6.45) is 3.98. The van der Waals surface area contributed by atoms with E-state index in [-0.39, 0.29) is 18.2 Å². The summed E-state index contributed by atoms with van der Waals surface area (Å²) < 4.78 is 11.4. The first kappa shape index (κ1) is 16.8. The lowest BCUT2D eigenvalue weighted by Crippen LogP contribution is -2.44. The van der Waals surface area contributed by atoms with Gasteiger partial charge in [0.25, 0.3) is 0 Å². The number of carbonyl (C=O) groups excluding carboxylic acids is 1. The smallest absolute Gasteiger partial charge is 0.303 e. The number of aromatic nitrogens is 2. The molecule has 26 heavy (non-hydrogen) atoms. The van der Waals surface area contributed by atoms with Gasteiger partial charge in [-0.2, -0.15) is 4.98 Å². The zero-order valence-electron chi connectivity index (χ0n) is 14.7. The second-order valence-corrected chi connectivity index (χ2v) is 6.51. The molecule has 2 aromatic rings. The Morgan fingerprint density at radius 3 is 2.73 bits per heavy atom. The molecular formula is C19H22N4O3. The highest BCUT2D eigenvalue weighted by atomic mass is 16.5. The summed E-state index contributed by atoms with van der Waals surface area (Å²) in [6, 6.07) is 7.86. The van der Waals surface area contributed by atoms with Crippen LogP contribution in [-0.2, 0) is 9.53 Å². The van der Waals surface area contributed by atoms with Crippen molar-refractivity contribution >= 4 is 22.8 Å². The standard InChI is InChI=1S/C19H22N4O3/c1-13(24)25-14-6-7-15(12-14)26-18-16-4-2-3-5-17(16)21-19(22-18)23-10-8-20-9-11-23/h2-7,14-15,20H,8-12H2,1H3. The zero-order chi connectivity index (χ0) is 17.9.